The molecular weight excluding hydrogens is 142 g/mol. The van der Waals surface area contributed by atoms with E-state index in [-0.39, 0.29) is 0 Å². The summed E-state index contributed by atoms with van der Waals surface area (Å²) < 4.78 is 0. The Bertz CT molecular complexity index is 133. The van der Waals surface area contributed by atoms with Crippen LogP contribution >= 0.6 is 11.6 Å². The summed E-state index contributed by atoms with van der Waals surface area (Å²) in [7, 11) is 0. The first-order valence-corrected chi connectivity index (χ1v) is 2.80. The van der Waals surface area contributed by atoms with Gasteiger partial charge in [-0.15, -0.1) is 0 Å². The van der Waals surface area contributed by atoms with Crippen molar-refractivity contribution in [3.63, 3.8) is 0 Å². The Morgan fingerprint density at radius 2 is 2.11 bits per heavy atom. The van der Waals surface area contributed by atoms with Crippen LogP contribution in [-0.4, -0.2) is 17.2 Å². The molecule has 0 spiro atoms. The van der Waals surface area contributed by atoms with Crippen molar-refractivity contribution in [2.24, 2.45) is 0 Å². The van der Waals surface area contributed by atoms with Crippen molar-refractivity contribution in [2.75, 3.05) is 0 Å². The molecule has 0 atom stereocenters. The smallest absolute Gasteiger partial charge is 0.246 e. The number of halogens is 1. The quantitative estimate of drug-likeness (QED) is 0.463. The summed E-state index contributed by atoms with van der Waals surface area (Å²) in [6, 6.07) is 0. The summed E-state index contributed by atoms with van der Waals surface area (Å²) >= 11 is 5.09. The molecule has 0 saturated carbocycles. The highest BCUT2D eigenvalue weighted by Gasteiger charge is 2.23. The van der Waals surface area contributed by atoms with Crippen LogP contribution in [0, 0.1) is 0 Å². The Morgan fingerprint density at radius 1 is 1.67 bits per heavy atom. The molecule has 0 aliphatic heterocycles. The van der Waals surface area contributed by atoms with E-state index in [9.17, 15) is 9.59 Å². The normalized spacial score (nSPS) is 10.6. The van der Waals surface area contributed by atoms with E-state index >= 15 is 0 Å². The van der Waals surface area contributed by atoms with Gasteiger partial charge < -0.3 is 5.32 Å². The fraction of sp³-hybridized carbons (Fsp3) is 0.600. The third-order valence-electron chi connectivity index (χ3n) is 0.911. The first-order valence-electron chi connectivity index (χ1n) is 2.42. The standard InChI is InChI=1S/C5H8ClNO2/c1-5(2,4(6)9)7-3-8/h3H,1-2H3,(H,7,8). The molecule has 0 saturated heterocycles. The zero-order valence-electron chi connectivity index (χ0n) is 5.27. The van der Waals surface area contributed by atoms with E-state index in [1.807, 2.05) is 0 Å². The van der Waals surface area contributed by atoms with Gasteiger partial charge in [0.1, 0.15) is 5.54 Å². The predicted molar refractivity (Wildman–Crippen MR) is 34.1 cm³/mol. The summed E-state index contributed by atoms with van der Waals surface area (Å²) in [6.07, 6.45) is 0.445. The van der Waals surface area contributed by atoms with Crippen LogP contribution in [0.25, 0.3) is 0 Å². The molecule has 4 heteroatoms. The summed E-state index contributed by atoms with van der Waals surface area (Å²) in [4.78, 5) is 20.2. The summed E-state index contributed by atoms with van der Waals surface area (Å²) in [5.41, 5.74) is -0.941. The van der Waals surface area contributed by atoms with Crippen LogP contribution in [0.2, 0.25) is 0 Å². The van der Waals surface area contributed by atoms with E-state index < -0.39 is 10.8 Å². The van der Waals surface area contributed by atoms with Gasteiger partial charge in [0.25, 0.3) is 0 Å². The van der Waals surface area contributed by atoms with Crippen molar-refractivity contribution in [1.82, 2.24) is 5.32 Å². The second-order valence-electron chi connectivity index (χ2n) is 2.16. The molecule has 3 nitrogen and oxygen atoms in total. The zero-order chi connectivity index (χ0) is 7.49. The molecule has 0 heterocycles. The molecule has 9 heavy (non-hydrogen) atoms. The van der Waals surface area contributed by atoms with Crippen molar-refractivity contribution < 1.29 is 9.59 Å². The molecule has 0 aromatic carbocycles. The van der Waals surface area contributed by atoms with Crippen molar-refractivity contribution >= 4 is 23.3 Å². The Kier molecular flexibility index (Phi) is 2.65. The van der Waals surface area contributed by atoms with Crippen molar-refractivity contribution in [1.29, 1.82) is 0 Å². The van der Waals surface area contributed by atoms with Crippen LogP contribution in [-0.2, 0) is 9.59 Å². The second kappa shape index (κ2) is 2.82. The van der Waals surface area contributed by atoms with Gasteiger partial charge in [-0.05, 0) is 25.4 Å². The molecule has 0 radical (unpaired) electrons. The number of hydrogen-bond donors (Lipinski definition) is 1. The highest BCUT2D eigenvalue weighted by Crippen LogP contribution is 2.04. The van der Waals surface area contributed by atoms with Gasteiger partial charge in [0, 0.05) is 0 Å². The van der Waals surface area contributed by atoms with Gasteiger partial charge >= 0.3 is 0 Å². The Labute approximate surface area is 58.4 Å². The molecule has 52 valence electrons. The monoisotopic (exact) mass is 149 g/mol. The van der Waals surface area contributed by atoms with E-state index in [1.165, 1.54) is 13.8 Å². The van der Waals surface area contributed by atoms with E-state index in [4.69, 9.17) is 11.6 Å². The lowest BCUT2D eigenvalue weighted by Gasteiger charge is -2.17. The van der Waals surface area contributed by atoms with Crippen LogP contribution in [0.1, 0.15) is 13.8 Å². The molecule has 0 aliphatic rings. The molecule has 0 aromatic heterocycles. The van der Waals surface area contributed by atoms with Crippen LogP contribution in [0.3, 0.4) is 0 Å². The molecule has 0 aliphatic carbocycles. The topological polar surface area (TPSA) is 46.2 Å². The fourth-order valence-electron chi connectivity index (χ4n) is 0.204. The molecule has 0 bridgehead atoms. The van der Waals surface area contributed by atoms with Gasteiger partial charge in [0.15, 0.2) is 0 Å². The van der Waals surface area contributed by atoms with Crippen LogP contribution in [0.4, 0.5) is 0 Å². The fourth-order valence-corrected chi connectivity index (χ4v) is 0.259. The van der Waals surface area contributed by atoms with Crippen LogP contribution in [0.5, 0.6) is 0 Å². The van der Waals surface area contributed by atoms with E-state index in [0.29, 0.717) is 6.41 Å². The minimum atomic E-state index is -0.941. The van der Waals surface area contributed by atoms with Gasteiger partial charge in [-0.3, -0.25) is 9.59 Å². The minimum absolute atomic E-state index is 0.445. The number of hydrogen-bond acceptors (Lipinski definition) is 2. The third kappa shape index (κ3) is 2.46. The molecule has 1 N–H and O–H groups in total. The lowest BCUT2D eigenvalue weighted by molar-refractivity contribution is -0.120. The first-order chi connectivity index (χ1) is 4.00. The zero-order valence-corrected chi connectivity index (χ0v) is 6.03. The highest BCUT2D eigenvalue weighted by atomic mass is 35.5. The van der Waals surface area contributed by atoms with E-state index in [1.54, 1.807) is 0 Å². The molecule has 0 unspecified atom stereocenters. The number of amides is 1. The van der Waals surface area contributed by atoms with Crippen molar-refractivity contribution in [3.05, 3.63) is 0 Å². The predicted octanol–water partition coefficient (Wildman–Crippen LogP) is 0.276. The molecule has 0 aromatic rings. The molecular formula is C5H8ClNO2. The molecule has 1 amide bonds. The van der Waals surface area contributed by atoms with Gasteiger partial charge in [-0.25, -0.2) is 0 Å². The van der Waals surface area contributed by atoms with Gasteiger partial charge in [0.2, 0.25) is 11.7 Å². The van der Waals surface area contributed by atoms with Gasteiger partial charge in [-0.1, -0.05) is 0 Å². The Balaban J connectivity index is 4.00. The number of nitrogens with one attached hydrogen (secondary N) is 1. The van der Waals surface area contributed by atoms with E-state index in [2.05, 4.69) is 5.32 Å². The van der Waals surface area contributed by atoms with Crippen LogP contribution in [0.15, 0.2) is 0 Å². The number of carbonyl (C=O) groups is 2. The number of rotatable bonds is 3. The average Bonchev–Trinajstić information content (AvgIpc) is 1.65. The number of carbonyl (C=O) groups excluding carboxylic acids is 2. The average molecular weight is 150 g/mol. The maximum Gasteiger partial charge on any atom is 0.246 e. The summed E-state index contributed by atoms with van der Waals surface area (Å²) in [6.45, 7) is 3.05. The lowest BCUT2D eigenvalue weighted by atomic mass is 10.1. The maximum absolute atomic E-state index is 10.4. The third-order valence-corrected chi connectivity index (χ3v) is 1.38. The highest BCUT2D eigenvalue weighted by molar-refractivity contribution is 6.65. The molecule has 0 fully saturated rings. The van der Waals surface area contributed by atoms with Gasteiger partial charge in [0.05, 0.1) is 0 Å². The summed E-state index contributed by atoms with van der Waals surface area (Å²) in [5, 5.41) is 1.68. The van der Waals surface area contributed by atoms with Crippen molar-refractivity contribution in [2.45, 2.75) is 19.4 Å². The largest absolute Gasteiger partial charge is 0.345 e. The SMILES string of the molecule is CC(C)(NC=O)C(=O)Cl. The Morgan fingerprint density at radius 3 is 2.22 bits per heavy atom. The summed E-state index contributed by atoms with van der Waals surface area (Å²) in [5.74, 6) is 0. The Hall–Kier alpha value is -0.570. The second-order valence-corrected chi connectivity index (χ2v) is 2.50. The van der Waals surface area contributed by atoms with Crippen LogP contribution < -0.4 is 5.32 Å². The minimum Gasteiger partial charge on any atom is -0.345 e. The maximum atomic E-state index is 10.4. The van der Waals surface area contributed by atoms with Gasteiger partial charge in [-0.2, -0.15) is 0 Å². The molecule has 0 rings (SSSR count). The van der Waals surface area contributed by atoms with E-state index in [0.717, 1.165) is 0 Å². The first kappa shape index (κ1) is 8.43. The lowest BCUT2D eigenvalue weighted by Crippen LogP contribution is -2.43. The van der Waals surface area contributed by atoms with Crippen molar-refractivity contribution in [3.8, 4) is 0 Å².